The molecule has 2 rings (SSSR count). The van der Waals surface area contributed by atoms with Gasteiger partial charge in [0, 0.05) is 43.8 Å². The summed E-state index contributed by atoms with van der Waals surface area (Å²) in [7, 11) is 2.87. The number of methoxy groups -OCH3 is 2. The minimum absolute atomic E-state index is 0.0321. The number of rotatable bonds is 5. The molecule has 0 saturated heterocycles. The molecule has 5 unspecified atom stereocenters. The third kappa shape index (κ3) is 9.43. The average molecular weight is 602 g/mol. The van der Waals surface area contributed by atoms with Crippen LogP contribution in [0.2, 0.25) is 0 Å². The van der Waals surface area contributed by atoms with Crippen LogP contribution in [0.5, 0.6) is 11.5 Å². The van der Waals surface area contributed by atoms with Crippen molar-refractivity contribution in [1.82, 2.24) is 0 Å². The molecule has 0 radical (unpaired) electrons. The lowest BCUT2D eigenvalue weighted by Crippen LogP contribution is -2.36. The van der Waals surface area contributed by atoms with Gasteiger partial charge in [0.1, 0.15) is 17.6 Å². The normalized spacial score (nSPS) is 23.9. The second kappa shape index (κ2) is 15.9. The van der Waals surface area contributed by atoms with Gasteiger partial charge in [-0.25, -0.2) is 4.79 Å². The molecule has 1 heterocycles. The lowest BCUT2D eigenvalue weighted by Gasteiger charge is -2.28. The van der Waals surface area contributed by atoms with Crippen LogP contribution in [-0.2, 0) is 23.8 Å². The van der Waals surface area contributed by atoms with Crippen LogP contribution in [0.25, 0.3) is 6.08 Å². The number of nitrogens with two attached hydrogens (primary N) is 1. The number of aliphatic hydroxyl groups is 1. The number of hydrogen-bond donors (Lipinski definition) is 6. The molecule has 12 heteroatoms. The molecule has 0 saturated carbocycles. The highest BCUT2D eigenvalue weighted by Crippen LogP contribution is 2.42. The van der Waals surface area contributed by atoms with Gasteiger partial charge in [-0.15, -0.1) is 0 Å². The fourth-order valence-corrected chi connectivity index (χ4v) is 4.64. The van der Waals surface area contributed by atoms with Crippen LogP contribution in [0.15, 0.2) is 47.1 Å². The summed E-state index contributed by atoms with van der Waals surface area (Å²) in [5, 5.41) is 38.4. The van der Waals surface area contributed by atoms with Crippen molar-refractivity contribution in [3.63, 3.8) is 0 Å². The van der Waals surface area contributed by atoms with E-state index in [-0.39, 0.29) is 46.9 Å². The van der Waals surface area contributed by atoms with Gasteiger partial charge in [0.25, 0.3) is 5.91 Å². The van der Waals surface area contributed by atoms with Crippen LogP contribution >= 0.6 is 0 Å². The number of primary amides is 1. The maximum absolute atomic E-state index is 13.0. The third-order valence-corrected chi connectivity index (χ3v) is 7.08. The van der Waals surface area contributed by atoms with E-state index in [1.165, 1.54) is 27.2 Å². The SMILES string of the molecule is CCC(=O)Nc1c(O)cc2c(O)c1C=C(C)CC(OC)C(O)C(C)C=C(C)C(OC(N)=O)C(OC)C=CC=C(C)C(=O)N2. The van der Waals surface area contributed by atoms with Crippen molar-refractivity contribution >= 4 is 35.4 Å². The Morgan fingerprint density at radius 2 is 1.84 bits per heavy atom. The monoisotopic (exact) mass is 601 g/mol. The molecule has 43 heavy (non-hydrogen) atoms. The van der Waals surface area contributed by atoms with Crippen molar-refractivity contribution in [2.24, 2.45) is 11.7 Å². The zero-order valence-electron chi connectivity index (χ0n) is 25.6. The second-order valence-electron chi connectivity index (χ2n) is 10.5. The van der Waals surface area contributed by atoms with Gasteiger partial charge in [0.05, 0.1) is 23.6 Å². The molecule has 0 aliphatic carbocycles. The predicted molar refractivity (Wildman–Crippen MR) is 163 cm³/mol. The Morgan fingerprint density at radius 1 is 1.16 bits per heavy atom. The maximum atomic E-state index is 13.0. The smallest absolute Gasteiger partial charge is 0.405 e. The maximum Gasteiger partial charge on any atom is 0.405 e. The van der Waals surface area contributed by atoms with Gasteiger partial charge in [-0.1, -0.05) is 43.7 Å². The molecule has 7 N–H and O–H groups in total. The van der Waals surface area contributed by atoms with Gasteiger partial charge in [0.15, 0.2) is 6.10 Å². The molecule has 1 aliphatic rings. The van der Waals surface area contributed by atoms with E-state index in [9.17, 15) is 29.7 Å². The van der Waals surface area contributed by atoms with E-state index in [2.05, 4.69) is 10.6 Å². The molecule has 1 aliphatic heterocycles. The summed E-state index contributed by atoms with van der Waals surface area (Å²) < 4.78 is 16.5. The van der Waals surface area contributed by atoms with Gasteiger partial charge >= 0.3 is 6.09 Å². The van der Waals surface area contributed by atoms with E-state index in [0.29, 0.717) is 11.1 Å². The van der Waals surface area contributed by atoms with Crippen LogP contribution in [0.4, 0.5) is 16.2 Å². The number of phenolic OH excluding ortho intramolecular Hbond substituents is 2. The molecule has 0 fully saturated rings. The van der Waals surface area contributed by atoms with Crippen LogP contribution in [0, 0.1) is 5.92 Å². The van der Waals surface area contributed by atoms with Crippen molar-refractivity contribution in [1.29, 1.82) is 0 Å². The first-order valence-electron chi connectivity index (χ1n) is 13.8. The molecule has 2 bridgehead atoms. The van der Waals surface area contributed by atoms with Gasteiger partial charge in [0.2, 0.25) is 5.91 Å². The van der Waals surface area contributed by atoms with E-state index in [1.54, 1.807) is 52.0 Å². The summed E-state index contributed by atoms with van der Waals surface area (Å²) in [6.07, 6.45) is 3.73. The minimum atomic E-state index is -1.02. The van der Waals surface area contributed by atoms with Gasteiger partial charge in [-0.3, -0.25) is 9.59 Å². The summed E-state index contributed by atoms with van der Waals surface area (Å²) in [5.74, 6) is -2.22. The van der Waals surface area contributed by atoms with Crippen LogP contribution in [-0.4, -0.2) is 71.9 Å². The van der Waals surface area contributed by atoms with Crippen molar-refractivity contribution in [3.8, 4) is 11.5 Å². The molecule has 0 aromatic heterocycles. The molecule has 0 spiro atoms. The highest BCUT2D eigenvalue weighted by atomic mass is 16.6. The zero-order valence-corrected chi connectivity index (χ0v) is 25.6. The first kappa shape index (κ1) is 35.1. The number of benzene rings is 1. The fourth-order valence-electron chi connectivity index (χ4n) is 4.64. The number of ether oxygens (including phenoxy) is 3. The lowest BCUT2D eigenvalue weighted by molar-refractivity contribution is -0.116. The highest BCUT2D eigenvalue weighted by Gasteiger charge is 2.29. The quantitative estimate of drug-likeness (QED) is 0.164. The topological polar surface area (TPSA) is 190 Å². The Bertz CT molecular complexity index is 1320. The number of amides is 3. The van der Waals surface area contributed by atoms with Crippen LogP contribution in [0.3, 0.4) is 0 Å². The van der Waals surface area contributed by atoms with Crippen molar-refractivity contribution in [2.75, 3.05) is 24.9 Å². The predicted octanol–water partition coefficient (Wildman–Crippen LogP) is 4.13. The second-order valence-corrected chi connectivity index (χ2v) is 10.5. The number of carbonyl (C=O) groups excluding carboxylic acids is 3. The molecular formula is C31H43N3O9. The van der Waals surface area contributed by atoms with Gasteiger partial charge in [-0.05, 0) is 38.8 Å². The van der Waals surface area contributed by atoms with E-state index in [1.807, 2.05) is 0 Å². The number of anilines is 2. The van der Waals surface area contributed by atoms with Gasteiger partial charge in [-0.2, -0.15) is 0 Å². The Balaban J connectivity index is 2.76. The van der Waals surface area contributed by atoms with E-state index in [0.717, 1.165) is 6.07 Å². The Hall–Kier alpha value is -4.13. The van der Waals surface area contributed by atoms with E-state index in [4.69, 9.17) is 19.9 Å². The molecule has 1 aromatic rings. The Labute approximate surface area is 251 Å². The molecule has 12 nitrogen and oxygen atoms in total. The first-order chi connectivity index (χ1) is 20.2. The number of phenols is 2. The van der Waals surface area contributed by atoms with Crippen molar-refractivity contribution in [3.05, 3.63) is 52.7 Å². The lowest BCUT2D eigenvalue weighted by atomic mass is 9.91. The third-order valence-electron chi connectivity index (χ3n) is 7.08. The van der Waals surface area contributed by atoms with Crippen LogP contribution < -0.4 is 16.4 Å². The fraction of sp³-hybridized carbons (Fsp3) is 0.452. The van der Waals surface area contributed by atoms with Crippen molar-refractivity contribution in [2.45, 2.75) is 71.9 Å². The number of carbonyl (C=O) groups is 3. The average Bonchev–Trinajstić information content (AvgIpc) is 2.95. The van der Waals surface area contributed by atoms with E-state index < -0.39 is 48.2 Å². The molecule has 1 aromatic carbocycles. The molecular weight excluding hydrogens is 558 g/mol. The molecule has 5 atom stereocenters. The first-order valence-corrected chi connectivity index (χ1v) is 13.8. The Morgan fingerprint density at radius 3 is 2.42 bits per heavy atom. The Kier molecular flexibility index (Phi) is 13.0. The number of allylic oxidation sites excluding steroid dienone is 2. The van der Waals surface area contributed by atoms with E-state index >= 15 is 0 Å². The summed E-state index contributed by atoms with van der Waals surface area (Å²) in [6, 6.07) is 1.14. The number of hydrogen-bond acceptors (Lipinski definition) is 9. The molecule has 3 amide bonds. The highest BCUT2D eigenvalue weighted by molar-refractivity contribution is 6.06. The van der Waals surface area contributed by atoms with Gasteiger partial charge < -0.3 is 45.9 Å². The largest absolute Gasteiger partial charge is 0.506 e. The minimum Gasteiger partial charge on any atom is -0.506 e. The van der Waals surface area contributed by atoms with Crippen LogP contribution in [0.1, 0.15) is 53.0 Å². The summed E-state index contributed by atoms with van der Waals surface area (Å²) in [4.78, 5) is 37.0. The number of nitrogens with one attached hydrogen (secondary N) is 2. The van der Waals surface area contributed by atoms with Crippen molar-refractivity contribution < 1.29 is 43.9 Å². The summed E-state index contributed by atoms with van der Waals surface area (Å²) >= 11 is 0. The zero-order chi connectivity index (χ0) is 32.4. The standard InChI is InChI=1S/C31H43N3O9/c1-8-25(36)34-26-20-12-16(2)13-24(42-7)27(37)18(4)14-19(5)29(43-31(32)40)23(41-6)11-9-10-17(3)30(39)33-21(28(20)38)15-22(26)35/h9-12,14-15,18,23-24,27,29,35,37-38H,8,13H2,1-7H3,(H2,32,40)(H,33,39)(H,34,36). The molecule has 236 valence electrons. The number of aliphatic hydroxyl groups excluding tert-OH is 1. The number of fused-ring (bicyclic) bond motifs is 2. The summed E-state index contributed by atoms with van der Waals surface area (Å²) in [6.45, 7) is 8.41. The summed E-state index contributed by atoms with van der Waals surface area (Å²) in [5.41, 5.74) is 6.70. The number of aromatic hydroxyl groups is 2.